The number of nitrogens with one attached hydrogen (secondary N) is 1. The van der Waals surface area contributed by atoms with Crippen LogP contribution < -0.4 is 5.32 Å². The Hall–Kier alpha value is -1.43. The molecule has 1 aromatic carbocycles. The van der Waals surface area contributed by atoms with Gasteiger partial charge in [-0.15, -0.1) is 0 Å². The van der Waals surface area contributed by atoms with Gasteiger partial charge in [-0.25, -0.2) is 4.39 Å². The molecule has 2 atom stereocenters. The average Bonchev–Trinajstić information content (AvgIpc) is 2.89. The molecule has 1 aliphatic rings. The summed E-state index contributed by atoms with van der Waals surface area (Å²) in [7, 11) is 6.19. The number of benzene rings is 1. The van der Waals surface area contributed by atoms with Crippen LogP contribution in [0.4, 0.5) is 4.39 Å². The summed E-state index contributed by atoms with van der Waals surface area (Å²) in [6, 6.07) is 7.33. The van der Waals surface area contributed by atoms with Crippen molar-refractivity contribution in [2.45, 2.75) is 12.1 Å². The van der Waals surface area contributed by atoms with Gasteiger partial charge in [-0.05, 0) is 33.3 Å². The standard InChI is InChI=1S/C16H22FN3O/c1-18-15(13-10-19(2)7-8-20(13)3)14-9-11-5-4-6-12(17)16(11)21-14/h4-6,9,13,15,18H,7-8,10H2,1-3H3. The fraction of sp³-hybridized carbons (Fsp3) is 0.500. The van der Waals surface area contributed by atoms with Crippen LogP contribution in [0.25, 0.3) is 11.0 Å². The number of nitrogens with zero attached hydrogens (tertiary/aromatic N) is 2. The molecule has 0 saturated carbocycles. The predicted octanol–water partition coefficient (Wildman–Crippen LogP) is 2.08. The molecule has 0 bridgehead atoms. The molecule has 4 nitrogen and oxygen atoms in total. The smallest absolute Gasteiger partial charge is 0.169 e. The molecule has 0 spiro atoms. The Kier molecular flexibility index (Phi) is 3.97. The second-order valence-corrected chi connectivity index (χ2v) is 5.88. The summed E-state index contributed by atoms with van der Waals surface area (Å²) in [5.41, 5.74) is 0.347. The van der Waals surface area contributed by atoms with Crippen molar-refractivity contribution < 1.29 is 8.81 Å². The lowest BCUT2D eigenvalue weighted by atomic mass is 10.0. The van der Waals surface area contributed by atoms with Gasteiger partial charge in [0.05, 0.1) is 6.04 Å². The quantitative estimate of drug-likeness (QED) is 0.938. The fourth-order valence-corrected chi connectivity index (χ4v) is 3.13. The lowest BCUT2D eigenvalue weighted by Gasteiger charge is -2.41. The summed E-state index contributed by atoms with van der Waals surface area (Å²) in [6.45, 7) is 3.05. The first-order valence-corrected chi connectivity index (χ1v) is 7.34. The molecule has 1 aromatic heterocycles. The van der Waals surface area contributed by atoms with Crippen molar-refractivity contribution in [1.82, 2.24) is 15.1 Å². The minimum absolute atomic E-state index is 0.0459. The highest BCUT2D eigenvalue weighted by molar-refractivity contribution is 5.78. The molecule has 114 valence electrons. The number of para-hydroxylation sites is 1. The van der Waals surface area contributed by atoms with Crippen molar-refractivity contribution in [2.75, 3.05) is 40.8 Å². The largest absolute Gasteiger partial charge is 0.456 e. The van der Waals surface area contributed by atoms with Crippen LogP contribution in [0, 0.1) is 5.82 Å². The molecule has 0 amide bonds. The zero-order valence-corrected chi connectivity index (χ0v) is 12.8. The molecule has 0 aliphatic carbocycles. The Balaban J connectivity index is 1.95. The monoisotopic (exact) mass is 291 g/mol. The van der Waals surface area contributed by atoms with Gasteiger partial charge in [0.15, 0.2) is 11.4 Å². The molecular weight excluding hydrogens is 269 g/mol. The summed E-state index contributed by atoms with van der Waals surface area (Å²) in [4.78, 5) is 4.66. The summed E-state index contributed by atoms with van der Waals surface area (Å²) in [5, 5.41) is 4.15. The van der Waals surface area contributed by atoms with E-state index in [1.807, 2.05) is 19.2 Å². The van der Waals surface area contributed by atoms with Crippen molar-refractivity contribution >= 4 is 11.0 Å². The van der Waals surface area contributed by atoms with E-state index < -0.39 is 0 Å². The predicted molar refractivity (Wildman–Crippen MR) is 81.9 cm³/mol. The number of piperazine rings is 1. The lowest BCUT2D eigenvalue weighted by molar-refractivity contribution is 0.0842. The first kappa shape index (κ1) is 14.5. The molecule has 1 aliphatic heterocycles. The third kappa shape index (κ3) is 2.69. The summed E-state index contributed by atoms with van der Waals surface area (Å²) >= 11 is 0. The Morgan fingerprint density at radius 2 is 2.14 bits per heavy atom. The van der Waals surface area contributed by atoms with Gasteiger partial charge >= 0.3 is 0 Å². The van der Waals surface area contributed by atoms with E-state index >= 15 is 0 Å². The van der Waals surface area contributed by atoms with Crippen molar-refractivity contribution in [2.24, 2.45) is 0 Å². The van der Waals surface area contributed by atoms with Crippen LogP contribution >= 0.6 is 0 Å². The van der Waals surface area contributed by atoms with E-state index in [0.717, 1.165) is 30.8 Å². The number of rotatable bonds is 3. The number of hydrogen-bond acceptors (Lipinski definition) is 4. The van der Waals surface area contributed by atoms with Gasteiger partial charge in [-0.2, -0.15) is 0 Å². The molecule has 2 unspecified atom stereocenters. The SMILES string of the molecule is CNC(c1cc2cccc(F)c2o1)C1CN(C)CCN1C. The normalized spacial score (nSPS) is 22.8. The van der Waals surface area contributed by atoms with Crippen LogP contribution in [0.2, 0.25) is 0 Å². The van der Waals surface area contributed by atoms with E-state index in [2.05, 4.69) is 29.2 Å². The average molecular weight is 291 g/mol. The molecule has 3 rings (SSSR count). The number of hydrogen-bond donors (Lipinski definition) is 1. The van der Waals surface area contributed by atoms with E-state index in [4.69, 9.17) is 4.42 Å². The Morgan fingerprint density at radius 1 is 1.33 bits per heavy atom. The molecular formula is C16H22FN3O. The summed E-state index contributed by atoms with van der Waals surface area (Å²) in [6.07, 6.45) is 0. The second kappa shape index (κ2) is 5.75. The van der Waals surface area contributed by atoms with Crippen molar-refractivity contribution in [3.8, 4) is 0 Å². The lowest BCUT2D eigenvalue weighted by Crippen LogP contribution is -2.54. The topological polar surface area (TPSA) is 31.7 Å². The van der Waals surface area contributed by atoms with Gasteiger partial charge in [-0.1, -0.05) is 12.1 Å². The second-order valence-electron chi connectivity index (χ2n) is 5.88. The zero-order valence-electron chi connectivity index (χ0n) is 12.8. The molecule has 2 heterocycles. The number of furan rings is 1. The maximum Gasteiger partial charge on any atom is 0.169 e. The van der Waals surface area contributed by atoms with Gasteiger partial charge in [0, 0.05) is 31.1 Å². The third-order valence-electron chi connectivity index (χ3n) is 4.42. The molecule has 0 radical (unpaired) electrons. The number of halogens is 1. The molecule has 21 heavy (non-hydrogen) atoms. The fourth-order valence-electron chi connectivity index (χ4n) is 3.13. The Morgan fingerprint density at radius 3 is 2.86 bits per heavy atom. The van der Waals surface area contributed by atoms with Crippen molar-refractivity contribution in [3.63, 3.8) is 0 Å². The van der Waals surface area contributed by atoms with Gasteiger partial charge in [0.1, 0.15) is 5.76 Å². The van der Waals surface area contributed by atoms with E-state index in [1.165, 1.54) is 6.07 Å². The van der Waals surface area contributed by atoms with Crippen LogP contribution in [0.3, 0.4) is 0 Å². The maximum atomic E-state index is 13.8. The van der Waals surface area contributed by atoms with Crippen LogP contribution in [0.1, 0.15) is 11.8 Å². The molecule has 5 heteroatoms. The van der Waals surface area contributed by atoms with Gasteiger partial charge < -0.3 is 14.6 Å². The summed E-state index contributed by atoms with van der Waals surface area (Å²) in [5.74, 6) is 0.493. The molecule has 2 aromatic rings. The maximum absolute atomic E-state index is 13.8. The molecule has 1 saturated heterocycles. The zero-order chi connectivity index (χ0) is 15.0. The number of likely N-dealkylation sites (N-methyl/N-ethyl adjacent to an activating group) is 3. The van der Waals surface area contributed by atoms with Crippen LogP contribution in [0.15, 0.2) is 28.7 Å². The first-order valence-electron chi connectivity index (χ1n) is 7.34. The first-order chi connectivity index (χ1) is 10.1. The van der Waals surface area contributed by atoms with Crippen molar-refractivity contribution in [3.05, 3.63) is 35.8 Å². The number of fused-ring (bicyclic) bond motifs is 1. The molecule has 1 N–H and O–H groups in total. The summed E-state index contributed by atoms with van der Waals surface area (Å²) < 4.78 is 19.6. The highest BCUT2D eigenvalue weighted by atomic mass is 19.1. The molecule has 1 fully saturated rings. The van der Waals surface area contributed by atoms with Crippen LogP contribution in [-0.4, -0.2) is 56.6 Å². The van der Waals surface area contributed by atoms with Crippen LogP contribution in [0.5, 0.6) is 0 Å². The Bertz CT molecular complexity index is 627. The van der Waals surface area contributed by atoms with E-state index in [0.29, 0.717) is 11.6 Å². The minimum Gasteiger partial charge on any atom is -0.456 e. The van der Waals surface area contributed by atoms with E-state index in [-0.39, 0.29) is 11.9 Å². The van der Waals surface area contributed by atoms with Gasteiger partial charge in [0.2, 0.25) is 0 Å². The Labute approximate surface area is 124 Å². The highest BCUT2D eigenvalue weighted by Crippen LogP contribution is 2.29. The van der Waals surface area contributed by atoms with Crippen molar-refractivity contribution in [1.29, 1.82) is 0 Å². The third-order valence-corrected chi connectivity index (χ3v) is 4.42. The van der Waals surface area contributed by atoms with E-state index in [9.17, 15) is 4.39 Å². The highest BCUT2D eigenvalue weighted by Gasteiger charge is 2.32. The van der Waals surface area contributed by atoms with Crippen LogP contribution in [-0.2, 0) is 0 Å². The minimum atomic E-state index is -0.303. The van der Waals surface area contributed by atoms with Gasteiger partial charge in [-0.3, -0.25) is 4.90 Å². The van der Waals surface area contributed by atoms with E-state index in [1.54, 1.807) is 6.07 Å². The van der Waals surface area contributed by atoms with Gasteiger partial charge in [0.25, 0.3) is 0 Å².